The predicted molar refractivity (Wildman–Crippen MR) is 78.2 cm³/mol. The van der Waals surface area contributed by atoms with Gasteiger partial charge in [-0.1, -0.05) is 36.2 Å². The summed E-state index contributed by atoms with van der Waals surface area (Å²) in [5, 5.41) is 13.6. The van der Waals surface area contributed by atoms with Crippen LogP contribution in [-0.2, 0) is 0 Å². The summed E-state index contributed by atoms with van der Waals surface area (Å²) < 4.78 is 0. The summed E-state index contributed by atoms with van der Waals surface area (Å²) in [5.74, 6) is 1.11. The Labute approximate surface area is 118 Å². The van der Waals surface area contributed by atoms with Crippen molar-refractivity contribution in [2.24, 2.45) is 16.6 Å². The lowest BCUT2D eigenvalue weighted by Gasteiger charge is -2.25. The van der Waals surface area contributed by atoms with Gasteiger partial charge in [0, 0.05) is 17.1 Å². The lowest BCUT2D eigenvalue weighted by Crippen LogP contribution is -2.37. The quantitative estimate of drug-likeness (QED) is 0.572. The summed E-state index contributed by atoms with van der Waals surface area (Å²) in [4.78, 5) is 4.15. The van der Waals surface area contributed by atoms with Gasteiger partial charge in [-0.05, 0) is 24.8 Å². The van der Waals surface area contributed by atoms with Gasteiger partial charge >= 0.3 is 0 Å². The van der Waals surface area contributed by atoms with E-state index in [9.17, 15) is 5.11 Å². The summed E-state index contributed by atoms with van der Waals surface area (Å²) in [6, 6.07) is 7.21. The minimum absolute atomic E-state index is 0.216. The number of rotatable bonds is 5. The molecule has 0 amide bonds. The van der Waals surface area contributed by atoms with E-state index >= 15 is 0 Å². The van der Waals surface area contributed by atoms with Crippen LogP contribution < -0.4 is 11.1 Å². The second kappa shape index (κ2) is 6.78. The van der Waals surface area contributed by atoms with Crippen LogP contribution in [0.4, 0.5) is 0 Å². The van der Waals surface area contributed by atoms with Crippen molar-refractivity contribution in [3.8, 4) is 0 Å². The van der Waals surface area contributed by atoms with Gasteiger partial charge in [-0.25, -0.2) is 0 Å². The normalized spacial score (nSPS) is 17.9. The SMILES string of the molecule is NC(=NCC(O)c1ccccc1Cl)NCC1CCC1. The average Bonchev–Trinajstić information content (AvgIpc) is 2.34. The van der Waals surface area contributed by atoms with Crippen molar-refractivity contribution in [3.05, 3.63) is 34.9 Å². The lowest BCUT2D eigenvalue weighted by atomic mass is 9.85. The fourth-order valence-corrected chi connectivity index (χ4v) is 2.29. The molecule has 1 aromatic carbocycles. The zero-order valence-corrected chi connectivity index (χ0v) is 11.6. The Kier molecular flexibility index (Phi) is 5.05. The second-order valence-electron chi connectivity index (χ2n) is 4.94. The minimum Gasteiger partial charge on any atom is -0.386 e. The van der Waals surface area contributed by atoms with Crippen molar-refractivity contribution in [1.29, 1.82) is 0 Å². The number of guanidine groups is 1. The molecule has 1 atom stereocenters. The summed E-state index contributed by atoms with van der Waals surface area (Å²) in [5.41, 5.74) is 6.44. The molecule has 0 radical (unpaired) electrons. The zero-order chi connectivity index (χ0) is 13.7. The predicted octanol–water partition coefficient (Wildman–Crippen LogP) is 2.08. The smallest absolute Gasteiger partial charge is 0.188 e. The third-order valence-corrected chi connectivity index (χ3v) is 3.84. The molecule has 0 saturated heterocycles. The fourth-order valence-electron chi connectivity index (χ4n) is 2.03. The molecular weight excluding hydrogens is 262 g/mol. The molecule has 0 bridgehead atoms. The Morgan fingerprint density at radius 2 is 2.21 bits per heavy atom. The molecule has 19 heavy (non-hydrogen) atoms. The number of nitrogens with two attached hydrogens (primary N) is 1. The van der Waals surface area contributed by atoms with E-state index in [0.717, 1.165) is 12.5 Å². The van der Waals surface area contributed by atoms with E-state index < -0.39 is 6.10 Å². The molecule has 0 heterocycles. The topological polar surface area (TPSA) is 70.6 Å². The number of hydrogen-bond acceptors (Lipinski definition) is 2. The second-order valence-corrected chi connectivity index (χ2v) is 5.35. The van der Waals surface area contributed by atoms with E-state index in [0.29, 0.717) is 16.5 Å². The molecule has 1 aromatic rings. The van der Waals surface area contributed by atoms with Crippen LogP contribution in [0, 0.1) is 5.92 Å². The Hall–Kier alpha value is -1.26. The minimum atomic E-state index is -0.724. The third kappa shape index (κ3) is 4.11. The molecule has 1 aliphatic rings. The van der Waals surface area contributed by atoms with Crippen LogP contribution in [0.15, 0.2) is 29.3 Å². The van der Waals surface area contributed by atoms with Gasteiger partial charge in [0.25, 0.3) is 0 Å². The Balaban J connectivity index is 1.81. The van der Waals surface area contributed by atoms with E-state index in [4.69, 9.17) is 17.3 Å². The highest BCUT2D eigenvalue weighted by atomic mass is 35.5. The van der Waals surface area contributed by atoms with Gasteiger partial charge in [0.15, 0.2) is 5.96 Å². The van der Waals surface area contributed by atoms with Crippen LogP contribution in [0.2, 0.25) is 5.02 Å². The molecule has 0 aromatic heterocycles. The molecule has 2 rings (SSSR count). The van der Waals surface area contributed by atoms with Gasteiger partial charge < -0.3 is 16.2 Å². The summed E-state index contributed by atoms with van der Waals surface area (Å²) >= 11 is 6.01. The van der Waals surface area contributed by atoms with Gasteiger partial charge in [0.2, 0.25) is 0 Å². The first kappa shape index (κ1) is 14.2. The van der Waals surface area contributed by atoms with Gasteiger partial charge in [0.1, 0.15) is 6.10 Å². The molecule has 1 saturated carbocycles. The fraction of sp³-hybridized carbons (Fsp3) is 0.500. The lowest BCUT2D eigenvalue weighted by molar-refractivity contribution is 0.187. The van der Waals surface area contributed by atoms with Crippen molar-refractivity contribution in [2.45, 2.75) is 25.4 Å². The average molecular weight is 282 g/mol. The van der Waals surface area contributed by atoms with Crippen molar-refractivity contribution in [1.82, 2.24) is 5.32 Å². The number of benzene rings is 1. The molecular formula is C14H20ClN3O. The highest BCUT2D eigenvalue weighted by Gasteiger charge is 2.17. The molecule has 104 valence electrons. The number of halogens is 1. The van der Waals surface area contributed by atoms with Crippen LogP contribution in [0.25, 0.3) is 0 Å². The van der Waals surface area contributed by atoms with E-state index in [2.05, 4.69) is 10.3 Å². The molecule has 1 unspecified atom stereocenters. The summed E-state index contributed by atoms with van der Waals surface area (Å²) in [6.07, 6.45) is 3.12. The molecule has 1 fully saturated rings. The van der Waals surface area contributed by atoms with Crippen LogP contribution in [-0.4, -0.2) is 24.2 Å². The number of aliphatic hydroxyl groups is 1. The third-order valence-electron chi connectivity index (χ3n) is 3.50. The first-order chi connectivity index (χ1) is 9.16. The van der Waals surface area contributed by atoms with Crippen molar-refractivity contribution in [3.63, 3.8) is 0 Å². The number of nitrogens with zero attached hydrogens (tertiary/aromatic N) is 1. The number of aliphatic imine (C=N–C) groups is 1. The molecule has 0 spiro atoms. The molecule has 5 heteroatoms. The van der Waals surface area contributed by atoms with Crippen LogP contribution >= 0.6 is 11.6 Å². The Morgan fingerprint density at radius 1 is 1.47 bits per heavy atom. The maximum Gasteiger partial charge on any atom is 0.188 e. The van der Waals surface area contributed by atoms with Crippen molar-refractivity contribution >= 4 is 17.6 Å². The first-order valence-electron chi connectivity index (χ1n) is 6.63. The number of aliphatic hydroxyl groups excluding tert-OH is 1. The molecule has 0 aliphatic heterocycles. The molecule has 4 nitrogen and oxygen atoms in total. The summed E-state index contributed by atoms with van der Waals surface area (Å²) in [7, 11) is 0. The van der Waals surface area contributed by atoms with E-state index in [1.165, 1.54) is 19.3 Å². The highest BCUT2D eigenvalue weighted by Crippen LogP contribution is 2.25. The summed E-state index contributed by atoms with van der Waals surface area (Å²) in [6.45, 7) is 1.09. The van der Waals surface area contributed by atoms with E-state index in [-0.39, 0.29) is 6.54 Å². The standard InChI is InChI=1S/C14H20ClN3O/c15-12-7-2-1-6-11(12)13(19)9-18-14(16)17-8-10-4-3-5-10/h1-2,6-7,10,13,19H,3-5,8-9H2,(H3,16,17,18). The Morgan fingerprint density at radius 3 is 2.84 bits per heavy atom. The highest BCUT2D eigenvalue weighted by molar-refractivity contribution is 6.31. The van der Waals surface area contributed by atoms with E-state index in [1.54, 1.807) is 12.1 Å². The van der Waals surface area contributed by atoms with Crippen molar-refractivity contribution in [2.75, 3.05) is 13.1 Å². The molecule has 1 aliphatic carbocycles. The Bertz CT molecular complexity index is 446. The number of hydrogen-bond donors (Lipinski definition) is 3. The monoisotopic (exact) mass is 281 g/mol. The zero-order valence-electron chi connectivity index (χ0n) is 10.8. The maximum atomic E-state index is 10.0. The number of nitrogens with one attached hydrogen (secondary N) is 1. The van der Waals surface area contributed by atoms with Gasteiger partial charge in [-0.2, -0.15) is 0 Å². The van der Waals surface area contributed by atoms with Crippen LogP contribution in [0.1, 0.15) is 30.9 Å². The van der Waals surface area contributed by atoms with Crippen molar-refractivity contribution < 1.29 is 5.11 Å². The van der Waals surface area contributed by atoms with Gasteiger partial charge in [0.05, 0.1) is 6.54 Å². The van der Waals surface area contributed by atoms with Crippen LogP contribution in [0.3, 0.4) is 0 Å². The largest absolute Gasteiger partial charge is 0.386 e. The van der Waals surface area contributed by atoms with Crippen LogP contribution in [0.5, 0.6) is 0 Å². The maximum absolute atomic E-state index is 10.0. The van der Waals surface area contributed by atoms with Gasteiger partial charge in [-0.3, -0.25) is 4.99 Å². The van der Waals surface area contributed by atoms with E-state index in [1.807, 2.05) is 12.1 Å². The molecule has 4 N–H and O–H groups in total. The first-order valence-corrected chi connectivity index (χ1v) is 7.01. The van der Waals surface area contributed by atoms with Gasteiger partial charge in [-0.15, -0.1) is 0 Å².